The molecule has 0 aliphatic carbocycles. The Labute approximate surface area is 453 Å². The summed E-state index contributed by atoms with van der Waals surface area (Å²) in [5.41, 5.74) is 0. The van der Waals surface area contributed by atoms with Crippen LogP contribution in [0.3, 0.4) is 0 Å². The molecule has 0 spiro atoms. The topological polar surface area (TPSA) is 78.9 Å². The predicted octanol–water partition coefficient (Wildman–Crippen LogP) is 19.9. The molecule has 6 nitrogen and oxygen atoms in total. The maximum Gasteiger partial charge on any atom is 0.306 e. The molecule has 0 aromatic heterocycles. The molecule has 0 fully saturated rings. The lowest BCUT2D eigenvalue weighted by Gasteiger charge is -2.18. The Bertz CT molecular complexity index is 1740. The molecule has 0 saturated carbocycles. The summed E-state index contributed by atoms with van der Waals surface area (Å²) < 4.78 is 16.8. The van der Waals surface area contributed by atoms with Crippen molar-refractivity contribution in [2.45, 2.75) is 226 Å². The number of carbonyl (C=O) groups excluding carboxylic acids is 3. The van der Waals surface area contributed by atoms with Gasteiger partial charge in [0.25, 0.3) is 0 Å². The van der Waals surface area contributed by atoms with E-state index in [1.807, 2.05) is 72.9 Å². The fraction of sp³-hybridized carbons (Fsp3) is 0.544. The summed E-state index contributed by atoms with van der Waals surface area (Å²) in [6.45, 7) is 6.27. The van der Waals surface area contributed by atoms with Gasteiger partial charge in [0.1, 0.15) is 13.2 Å². The maximum atomic E-state index is 12.9. The Balaban J connectivity index is 4.59. The summed E-state index contributed by atoms with van der Waals surface area (Å²) in [7, 11) is 0. The molecule has 1 unspecified atom stereocenters. The lowest BCUT2D eigenvalue weighted by atomic mass is 10.1. The predicted molar refractivity (Wildman–Crippen MR) is 320 cm³/mol. The van der Waals surface area contributed by atoms with Crippen LogP contribution in [-0.4, -0.2) is 37.2 Å². The van der Waals surface area contributed by atoms with Crippen LogP contribution in [0.25, 0.3) is 0 Å². The van der Waals surface area contributed by atoms with Crippen LogP contribution in [-0.2, 0) is 28.6 Å². The Hall–Kier alpha value is -5.23. The number of allylic oxidation sites excluding steroid dienone is 28. The van der Waals surface area contributed by atoms with Crippen LogP contribution >= 0.6 is 0 Å². The molecule has 412 valence electrons. The summed E-state index contributed by atoms with van der Waals surface area (Å²) in [6.07, 6.45) is 89.0. The van der Waals surface area contributed by atoms with Crippen molar-refractivity contribution >= 4 is 17.9 Å². The fourth-order valence-corrected chi connectivity index (χ4v) is 7.39. The average molecular weight is 1020 g/mol. The van der Waals surface area contributed by atoms with E-state index >= 15 is 0 Å². The van der Waals surface area contributed by atoms with Crippen molar-refractivity contribution in [2.24, 2.45) is 0 Å². The third kappa shape index (κ3) is 57.7. The lowest BCUT2D eigenvalue weighted by Crippen LogP contribution is -2.30. The third-order valence-electron chi connectivity index (χ3n) is 11.7. The summed E-state index contributed by atoms with van der Waals surface area (Å²) in [4.78, 5) is 38.2. The summed E-state index contributed by atoms with van der Waals surface area (Å²) in [5, 5.41) is 0. The van der Waals surface area contributed by atoms with E-state index in [0.29, 0.717) is 25.7 Å². The van der Waals surface area contributed by atoms with Gasteiger partial charge in [-0.25, -0.2) is 0 Å². The standard InChI is InChI=1S/C68H104O6/c1-4-7-10-13-16-19-22-25-28-31-34-37-40-43-46-49-52-55-58-61-67(70)73-64-65(63-72-66(69)60-57-54-51-48-45-42-39-36-33-30-27-24-21-18-15-12-9-6-3)74-68(71)62-59-56-53-50-47-44-41-38-35-32-29-26-23-20-17-14-11-8-5-2/h7-8,10-11,13,16-22,24-31,33-34,36-37,39-40,43,46,65H,4-6,9,12,14-15,23,32,35,38,41-42,44-45,47-64H2,1-3H3/b10-7-,11-8-,16-13-,20-17-,21-18-,22-19-,27-24-,28-25-,29-26-,33-30-,34-31+,39-36-,40-37-,46-43-. The van der Waals surface area contributed by atoms with Gasteiger partial charge < -0.3 is 14.2 Å². The summed E-state index contributed by atoms with van der Waals surface area (Å²) in [6, 6.07) is 0. The Morgan fingerprint density at radius 3 is 1.00 bits per heavy atom. The second-order valence-corrected chi connectivity index (χ2v) is 18.7. The van der Waals surface area contributed by atoms with Crippen LogP contribution in [0, 0.1) is 0 Å². The van der Waals surface area contributed by atoms with Crippen LogP contribution in [0.2, 0.25) is 0 Å². The molecule has 1 atom stereocenters. The SMILES string of the molecule is CC\C=C/C=C\C=C/C=C\C=C\C=C/C=C\CCCCCC(=O)OCC(COC(=O)CCCCCCC\C=C/C=C\C=C/C=C\CCCCC)OC(=O)CCCCCCCCCCC/C=C\C/C=C\C/C=C\CC. The van der Waals surface area contributed by atoms with Crippen molar-refractivity contribution in [3.63, 3.8) is 0 Å². The van der Waals surface area contributed by atoms with Crippen molar-refractivity contribution in [3.05, 3.63) is 170 Å². The largest absolute Gasteiger partial charge is 0.462 e. The number of rotatable bonds is 50. The number of unbranched alkanes of at least 4 members (excludes halogenated alkanes) is 20. The Kier molecular flexibility index (Phi) is 56.1. The first-order chi connectivity index (χ1) is 36.5. The van der Waals surface area contributed by atoms with E-state index in [1.165, 1.54) is 57.8 Å². The summed E-state index contributed by atoms with van der Waals surface area (Å²) >= 11 is 0. The number of hydrogen-bond donors (Lipinski definition) is 0. The molecular formula is C68H104O6. The highest BCUT2D eigenvalue weighted by Gasteiger charge is 2.19. The second kappa shape index (κ2) is 60.3. The zero-order valence-electron chi connectivity index (χ0n) is 47.0. The molecule has 0 aliphatic heterocycles. The Morgan fingerprint density at radius 2 is 0.595 bits per heavy atom. The molecule has 0 heterocycles. The zero-order chi connectivity index (χ0) is 53.6. The molecule has 0 aliphatic rings. The van der Waals surface area contributed by atoms with Gasteiger partial charge in [-0.05, 0) is 96.3 Å². The minimum Gasteiger partial charge on any atom is -0.462 e. The van der Waals surface area contributed by atoms with Crippen LogP contribution in [0.1, 0.15) is 220 Å². The van der Waals surface area contributed by atoms with Crippen molar-refractivity contribution in [2.75, 3.05) is 13.2 Å². The van der Waals surface area contributed by atoms with E-state index in [-0.39, 0.29) is 31.1 Å². The van der Waals surface area contributed by atoms with Gasteiger partial charge in [0.05, 0.1) is 0 Å². The monoisotopic (exact) mass is 1020 g/mol. The smallest absolute Gasteiger partial charge is 0.306 e. The molecule has 0 amide bonds. The maximum absolute atomic E-state index is 12.9. The van der Waals surface area contributed by atoms with Crippen molar-refractivity contribution in [1.82, 2.24) is 0 Å². The van der Waals surface area contributed by atoms with Crippen LogP contribution in [0.15, 0.2) is 170 Å². The van der Waals surface area contributed by atoms with Gasteiger partial charge in [-0.2, -0.15) is 0 Å². The molecule has 0 radical (unpaired) electrons. The average Bonchev–Trinajstić information content (AvgIpc) is 3.40. The van der Waals surface area contributed by atoms with Crippen molar-refractivity contribution in [1.29, 1.82) is 0 Å². The highest BCUT2D eigenvalue weighted by molar-refractivity contribution is 5.71. The van der Waals surface area contributed by atoms with E-state index in [2.05, 4.69) is 118 Å². The minimum absolute atomic E-state index is 0.116. The number of carbonyl (C=O) groups is 3. The second-order valence-electron chi connectivity index (χ2n) is 18.7. The highest BCUT2D eigenvalue weighted by atomic mass is 16.6. The fourth-order valence-electron chi connectivity index (χ4n) is 7.39. The van der Waals surface area contributed by atoms with Gasteiger partial charge in [-0.3, -0.25) is 14.4 Å². The van der Waals surface area contributed by atoms with Gasteiger partial charge in [-0.15, -0.1) is 0 Å². The normalized spacial score (nSPS) is 13.4. The molecule has 6 heteroatoms. The van der Waals surface area contributed by atoms with Crippen LogP contribution in [0.4, 0.5) is 0 Å². The molecular weight excluding hydrogens is 913 g/mol. The van der Waals surface area contributed by atoms with Gasteiger partial charge >= 0.3 is 17.9 Å². The lowest BCUT2D eigenvalue weighted by molar-refractivity contribution is -0.167. The molecule has 0 rings (SSSR count). The number of hydrogen-bond acceptors (Lipinski definition) is 6. The third-order valence-corrected chi connectivity index (χ3v) is 11.7. The molecule has 0 aromatic carbocycles. The van der Waals surface area contributed by atoms with Gasteiger partial charge in [-0.1, -0.05) is 274 Å². The molecule has 0 bridgehead atoms. The molecule has 0 aromatic rings. The van der Waals surface area contributed by atoms with Gasteiger partial charge in [0, 0.05) is 19.3 Å². The van der Waals surface area contributed by atoms with Crippen molar-refractivity contribution in [3.8, 4) is 0 Å². The molecule has 74 heavy (non-hydrogen) atoms. The van der Waals surface area contributed by atoms with E-state index in [0.717, 1.165) is 116 Å². The zero-order valence-corrected chi connectivity index (χ0v) is 47.0. The first-order valence-corrected chi connectivity index (χ1v) is 29.3. The van der Waals surface area contributed by atoms with Gasteiger partial charge in [0.15, 0.2) is 6.10 Å². The van der Waals surface area contributed by atoms with E-state index < -0.39 is 6.10 Å². The van der Waals surface area contributed by atoms with Crippen LogP contribution in [0.5, 0.6) is 0 Å². The number of ether oxygens (including phenoxy) is 3. The first kappa shape index (κ1) is 68.8. The Morgan fingerprint density at radius 1 is 0.297 bits per heavy atom. The van der Waals surface area contributed by atoms with Crippen molar-refractivity contribution < 1.29 is 28.6 Å². The van der Waals surface area contributed by atoms with E-state index in [9.17, 15) is 14.4 Å². The van der Waals surface area contributed by atoms with Gasteiger partial charge in [0.2, 0.25) is 0 Å². The first-order valence-electron chi connectivity index (χ1n) is 29.3. The van der Waals surface area contributed by atoms with E-state index in [1.54, 1.807) is 0 Å². The number of esters is 3. The highest BCUT2D eigenvalue weighted by Crippen LogP contribution is 2.14. The quantitative estimate of drug-likeness (QED) is 0.0199. The van der Waals surface area contributed by atoms with E-state index in [4.69, 9.17) is 14.2 Å². The van der Waals surface area contributed by atoms with Crippen LogP contribution < -0.4 is 0 Å². The minimum atomic E-state index is -0.821. The molecule has 0 saturated heterocycles. The molecule has 0 N–H and O–H groups in total. The summed E-state index contributed by atoms with van der Waals surface area (Å²) in [5.74, 6) is -0.997.